The number of nitrogens with zero attached hydrogens (tertiary/aromatic N) is 3. The van der Waals surface area contributed by atoms with Gasteiger partial charge in [0.05, 0.1) is 25.2 Å². The number of aryl methyl sites for hydroxylation is 1. The minimum atomic E-state index is -0.705. The average molecular weight is 208 g/mol. The minimum Gasteiger partial charge on any atom is -0.394 e. The summed E-state index contributed by atoms with van der Waals surface area (Å²) < 4.78 is 0. The van der Waals surface area contributed by atoms with E-state index in [1.165, 1.54) is 0 Å². The lowest BCUT2D eigenvalue weighted by molar-refractivity contribution is 0.0881. The summed E-state index contributed by atoms with van der Waals surface area (Å²) in [6.45, 7) is -0.231. The summed E-state index contributed by atoms with van der Waals surface area (Å²) >= 11 is 0. The molecule has 15 heavy (non-hydrogen) atoms. The maximum atomic E-state index is 9.17. The molecule has 2 rings (SSSR count). The Morgan fingerprint density at radius 3 is 3.07 bits per heavy atom. The van der Waals surface area contributed by atoms with Crippen molar-refractivity contribution in [3.8, 4) is 0 Å². The van der Waals surface area contributed by atoms with Gasteiger partial charge in [-0.15, -0.1) is 0 Å². The Kier molecular flexibility index (Phi) is 2.89. The van der Waals surface area contributed by atoms with Crippen molar-refractivity contribution < 1.29 is 10.2 Å². The molecule has 0 saturated carbocycles. The van der Waals surface area contributed by atoms with Crippen molar-refractivity contribution in [1.82, 2.24) is 19.9 Å². The predicted molar refractivity (Wildman–Crippen MR) is 53.1 cm³/mol. The molecule has 0 fully saturated rings. The van der Waals surface area contributed by atoms with Gasteiger partial charge in [0, 0.05) is 6.42 Å². The van der Waals surface area contributed by atoms with Crippen LogP contribution in [0.3, 0.4) is 0 Å². The van der Waals surface area contributed by atoms with Crippen LogP contribution in [0.1, 0.15) is 12.2 Å². The quantitative estimate of drug-likeness (QED) is 0.637. The van der Waals surface area contributed by atoms with E-state index in [9.17, 15) is 0 Å². The third kappa shape index (κ3) is 2.28. The summed E-state index contributed by atoms with van der Waals surface area (Å²) in [5, 5.41) is 17.8. The number of aromatic nitrogens is 4. The summed E-state index contributed by atoms with van der Waals surface area (Å²) in [7, 11) is 0. The number of aliphatic hydroxyl groups excluding tert-OH is 2. The maximum Gasteiger partial charge on any atom is 0.180 e. The highest BCUT2D eigenvalue weighted by molar-refractivity contribution is 5.67. The summed E-state index contributed by atoms with van der Waals surface area (Å²) in [6.07, 6.45) is 3.50. The van der Waals surface area contributed by atoms with E-state index in [4.69, 9.17) is 10.2 Å². The van der Waals surface area contributed by atoms with Gasteiger partial charge in [-0.05, 0) is 6.42 Å². The van der Waals surface area contributed by atoms with Gasteiger partial charge in [-0.25, -0.2) is 15.0 Å². The SMILES string of the molecule is OCC(O)CCc1ncc2[nH]cnc2n1. The van der Waals surface area contributed by atoms with Gasteiger partial charge in [0.2, 0.25) is 0 Å². The highest BCUT2D eigenvalue weighted by atomic mass is 16.3. The Labute approximate surface area is 86.0 Å². The molecule has 0 bridgehead atoms. The smallest absolute Gasteiger partial charge is 0.180 e. The molecule has 2 aromatic heterocycles. The normalized spacial score (nSPS) is 13.2. The Morgan fingerprint density at radius 2 is 2.27 bits per heavy atom. The molecule has 2 heterocycles. The summed E-state index contributed by atoms with van der Waals surface area (Å²) in [5.74, 6) is 0.627. The third-order valence-corrected chi connectivity index (χ3v) is 2.14. The molecule has 0 aromatic carbocycles. The predicted octanol–water partition coefficient (Wildman–Crippen LogP) is -0.361. The third-order valence-electron chi connectivity index (χ3n) is 2.14. The van der Waals surface area contributed by atoms with E-state index in [2.05, 4.69) is 19.9 Å². The van der Waals surface area contributed by atoms with Crippen molar-refractivity contribution >= 4 is 11.2 Å². The van der Waals surface area contributed by atoms with E-state index in [1.54, 1.807) is 12.5 Å². The van der Waals surface area contributed by atoms with Crippen LogP contribution in [0.25, 0.3) is 11.2 Å². The second-order valence-corrected chi connectivity index (χ2v) is 3.30. The topological polar surface area (TPSA) is 94.9 Å². The number of aliphatic hydroxyl groups is 2. The molecule has 6 nitrogen and oxygen atoms in total. The zero-order chi connectivity index (χ0) is 10.7. The molecule has 0 amide bonds. The molecule has 80 valence electrons. The molecule has 1 atom stereocenters. The van der Waals surface area contributed by atoms with Crippen LogP contribution in [-0.2, 0) is 6.42 Å². The molecule has 1 unspecified atom stereocenters. The van der Waals surface area contributed by atoms with Crippen LogP contribution in [0.2, 0.25) is 0 Å². The lowest BCUT2D eigenvalue weighted by Crippen LogP contribution is -2.13. The fraction of sp³-hybridized carbons (Fsp3) is 0.444. The summed E-state index contributed by atoms with van der Waals surface area (Å²) in [6, 6.07) is 0. The molecule has 0 aliphatic carbocycles. The number of imidazole rings is 1. The first-order valence-electron chi connectivity index (χ1n) is 4.73. The van der Waals surface area contributed by atoms with E-state index in [0.29, 0.717) is 24.3 Å². The highest BCUT2D eigenvalue weighted by Gasteiger charge is 2.05. The second-order valence-electron chi connectivity index (χ2n) is 3.30. The zero-order valence-corrected chi connectivity index (χ0v) is 8.09. The van der Waals surface area contributed by atoms with Crippen molar-refractivity contribution in [3.05, 3.63) is 18.3 Å². The Bertz CT molecular complexity index is 442. The Hall–Kier alpha value is -1.53. The summed E-state index contributed by atoms with van der Waals surface area (Å²) in [5.41, 5.74) is 1.42. The number of nitrogens with one attached hydrogen (secondary N) is 1. The van der Waals surface area contributed by atoms with E-state index in [1.807, 2.05) is 0 Å². The van der Waals surface area contributed by atoms with Gasteiger partial charge in [-0.3, -0.25) is 0 Å². The molecule has 0 aliphatic rings. The molecule has 0 saturated heterocycles. The van der Waals surface area contributed by atoms with Gasteiger partial charge >= 0.3 is 0 Å². The second kappa shape index (κ2) is 4.33. The number of H-pyrrole nitrogens is 1. The lowest BCUT2D eigenvalue weighted by atomic mass is 10.2. The van der Waals surface area contributed by atoms with Crippen LogP contribution in [0.15, 0.2) is 12.5 Å². The molecule has 3 N–H and O–H groups in total. The van der Waals surface area contributed by atoms with Gasteiger partial charge in [0.25, 0.3) is 0 Å². The molecule has 2 aromatic rings. The van der Waals surface area contributed by atoms with Crippen LogP contribution in [0.4, 0.5) is 0 Å². The van der Waals surface area contributed by atoms with Crippen LogP contribution < -0.4 is 0 Å². The van der Waals surface area contributed by atoms with Gasteiger partial charge in [0.15, 0.2) is 5.65 Å². The number of hydrogen-bond acceptors (Lipinski definition) is 5. The molecular weight excluding hydrogens is 196 g/mol. The van der Waals surface area contributed by atoms with Crippen molar-refractivity contribution in [2.45, 2.75) is 18.9 Å². The number of fused-ring (bicyclic) bond motifs is 1. The van der Waals surface area contributed by atoms with E-state index in [-0.39, 0.29) is 6.61 Å². The van der Waals surface area contributed by atoms with Gasteiger partial charge < -0.3 is 15.2 Å². The molecular formula is C9H12N4O2. The zero-order valence-electron chi connectivity index (χ0n) is 8.09. The van der Waals surface area contributed by atoms with Crippen LogP contribution in [-0.4, -0.2) is 42.9 Å². The van der Waals surface area contributed by atoms with Crippen molar-refractivity contribution in [2.24, 2.45) is 0 Å². The fourth-order valence-corrected chi connectivity index (χ4v) is 1.28. The van der Waals surface area contributed by atoms with E-state index < -0.39 is 6.10 Å². The Balaban J connectivity index is 2.08. The lowest BCUT2D eigenvalue weighted by Gasteiger charge is -2.04. The molecule has 6 heteroatoms. The largest absolute Gasteiger partial charge is 0.394 e. The first kappa shape index (κ1) is 10.0. The van der Waals surface area contributed by atoms with E-state index >= 15 is 0 Å². The monoisotopic (exact) mass is 208 g/mol. The summed E-state index contributed by atoms with van der Waals surface area (Å²) in [4.78, 5) is 15.2. The van der Waals surface area contributed by atoms with E-state index in [0.717, 1.165) is 5.52 Å². The maximum absolute atomic E-state index is 9.17. The highest BCUT2D eigenvalue weighted by Crippen LogP contribution is 2.06. The Morgan fingerprint density at radius 1 is 1.40 bits per heavy atom. The first-order valence-corrected chi connectivity index (χ1v) is 4.73. The first-order chi connectivity index (χ1) is 7.29. The van der Waals surface area contributed by atoms with Gasteiger partial charge in [-0.2, -0.15) is 0 Å². The van der Waals surface area contributed by atoms with Crippen molar-refractivity contribution in [1.29, 1.82) is 0 Å². The van der Waals surface area contributed by atoms with Crippen LogP contribution in [0.5, 0.6) is 0 Å². The fourth-order valence-electron chi connectivity index (χ4n) is 1.28. The standard InChI is InChI=1S/C9H12N4O2/c14-4-6(15)1-2-8-10-3-7-9(13-8)12-5-11-7/h3,5-6,14-15H,1-2,4H2,(H,10,11,12,13). The van der Waals surface area contributed by atoms with Crippen LogP contribution in [0, 0.1) is 0 Å². The number of rotatable bonds is 4. The van der Waals surface area contributed by atoms with Gasteiger partial charge in [0.1, 0.15) is 11.3 Å². The van der Waals surface area contributed by atoms with Crippen molar-refractivity contribution in [2.75, 3.05) is 6.61 Å². The number of hydrogen-bond donors (Lipinski definition) is 3. The van der Waals surface area contributed by atoms with Gasteiger partial charge in [-0.1, -0.05) is 0 Å². The van der Waals surface area contributed by atoms with Crippen LogP contribution >= 0.6 is 0 Å². The molecule has 0 aliphatic heterocycles. The minimum absolute atomic E-state index is 0.231. The average Bonchev–Trinajstić information content (AvgIpc) is 2.72. The molecule has 0 spiro atoms. The van der Waals surface area contributed by atoms with Crippen molar-refractivity contribution in [3.63, 3.8) is 0 Å². The number of aromatic amines is 1. The molecule has 0 radical (unpaired) electrons.